The van der Waals surface area contributed by atoms with Gasteiger partial charge in [-0.15, -0.1) is 0 Å². The van der Waals surface area contributed by atoms with Crippen LogP contribution in [0.3, 0.4) is 0 Å². The number of rotatable bonds is 2. The highest BCUT2D eigenvalue weighted by Crippen LogP contribution is 2.44. The van der Waals surface area contributed by atoms with E-state index < -0.39 is 0 Å². The summed E-state index contributed by atoms with van der Waals surface area (Å²) >= 11 is 0. The van der Waals surface area contributed by atoms with Crippen LogP contribution in [0, 0.1) is 11.3 Å². The Morgan fingerprint density at radius 1 is 1.31 bits per heavy atom. The Balaban J connectivity index is 1.81. The molecule has 0 aromatic rings. The summed E-state index contributed by atoms with van der Waals surface area (Å²) < 4.78 is 5.52. The van der Waals surface area contributed by atoms with Crippen LogP contribution in [0.5, 0.6) is 0 Å². The van der Waals surface area contributed by atoms with Crippen molar-refractivity contribution in [3.05, 3.63) is 0 Å². The van der Waals surface area contributed by atoms with E-state index in [1.165, 1.54) is 38.6 Å². The Labute approximate surface area is 81.0 Å². The first kappa shape index (κ1) is 9.47. The molecular weight excluding hydrogens is 162 g/mol. The Morgan fingerprint density at radius 3 is 2.62 bits per heavy atom. The Bertz CT molecular complexity index is 153. The molecule has 1 saturated heterocycles. The SMILES string of the molecule is CNCC1CCC2(CCOC2)CC1. The van der Waals surface area contributed by atoms with Crippen LogP contribution in [0.1, 0.15) is 32.1 Å². The predicted octanol–water partition coefficient (Wildman–Crippen LogP) is 1.80. The first-order valence-electron chi connectivity index (χ1n) is 5.57. The molecule has 0 radical (unpaired) electrons. The molecule has 1 aliphatic carbocycles. The standard InChI is InChI=1S/C11H21NO/c1-12-8-10-2-4-11(5-3-10)6-7-13-9-11/h10,12H,2-9H2,1H3. The molecular formula is C11H21NO. The van der Waals surface area contributed by atoms with Crippen LogP contribution >= 0.6 is 0 Å². The lowest BCUT2D eigenvalue weighted by Gasteiger charge is -2.35. The molecule has 1 saturated carbocycles. The summed E-state index contributed by atoms with van der Waals surface area (Å²) in [5.41, 5.74) is 0.601. The van der Waals surface area contributed by atoms with Gasteiger partial charge in [0.05, 0.1) is 6.61 Å². The van der Waals surface area contributed by atoms with E-state index in [1.807, 2.05) is 0 Å². The van der Waals surface area contributed by atoms with E-state index in [-0.39, 0.29) is 0 Å². The molecule has 76 valence electrons. The van der Waals surface area contributed by atoms with Crippen molar-refractivity contribution in [2.24, 2.45) is 11.3 Å². The maximum atomic E-state index is 5.52. The number of hydrogen-bond acceptors (Lipinski definition) is 2. The van der Waals surface area contributed by atoms with Gasteiger partial charge in [0, 0.05) is 6.61 Å². The maximum Gasteiger partial charge on any atom is 0.0523 e. The average Bonchev–Trinajstić information content (AvgIpc) is 2.59. The Kier molecular flexibility index (Phi) is 2.89. The minimum atomic E-state index is 0.601. The van der Waals surface area contributed by atoms with Crippen molar-refractivity contribution in [1.82, 2.24) is 5.32 Å². The van der Waals surface area contributed by atoms with Gasteiger partial charge < -0.3 is 10.1 Å². The van der Waals surface area contributed by atoms with E-state index in [0.717, 1.165) is 19.1 Å². The Hall–Kier alpha value is -0.0800. The lowest BCUT2D eigenvalue weighted by atomic mass is 9.70. The van der Waals surface area contributed by atoms with Gasteiger partial charge in [0.15, 0.2) is 0 Å². The quantitative estimate of drug-likeness (QED) is 0.705. The third kappa shape index (κ3) is 2.05. The number of ether oxygens (including phenoxy) is 1. The van der Waals surface area contributed by atoms with Crippen molar-refractivity contribution in [1.29, 1.82) is 0 Å². The largest absolute Gasteiger partial charge is 0.381 e. The molecule has 2 aliphatic rings. The molecule has 0 atom stereocenters. The third-order valence-corrected chi connectivity index (χ3v) is 3.84. The molecule has 0 aromatic heterocycles. The zero-order valence-corrected chi connectivity index (χ0v) is 8.64. The highest BCUT2D eigenvalue weighted by molar-refractivity contribution is 4.88. The second-order valence-electron chi connectivity index (χ2n) is 4.80. The number of hydrogen-bond donors (Lipinski definition) is 1. The van der Waals surface area contributed by atoms with Crippen LogP contribution in [-0.2, 0) is 4.74 Å². The van der Waals surface area contributed by atoms with E-state index in [9.17, 15) is 0 Å². The maximum absolute atomic E-state index is 5.52. The molecule has 0 aromatic carbocycles. The third-order valence-electron chi connectivity index (χ3n) is 3.84. The van der Waals surface area contributed by atoms with Crippen molar-refractivity contribution in [2.75, 3.05) is 26.8 Å². The first-order chi connectivity index (χ1) is 6.35. The van der Waals surface area contributed by atoms with Gasteiger partial charge in [-0.05, 0) is 57.0 Å². The van der Waals surface area contributed by atoms with Crippen LogP contribution in [0.2, 0.25) is 0 Å². The predicted molar refractivity (Wildman–Crippen MR) is 53.8 cm³/mol. The summed E-state index contributed by atoms with van der Waals surface area (Å²) in [7, 11) is 2.06. The average molecular weight is 183 g/mol. The monoisotopic (exact) mass is 183 g/mol. The van der Waals surface area contributed by atoms with E-state index >= 15 is 0 Å². The molecule has 2 nitrogen and oxygen atoms in total. The highest BCUT2D eigenvalue weighted by atomic mass is 16.5. The second kappa shape index (κ2) is 3.97. The van der Waals surface area contributed by atoms with Gasteiger partial charge >= 0.3 is 0 Å². The van der Waals surface area contributed by atoms with Gasteiger partial charge in [-0.3, -0.25) is 0 Å². The van der Waals surface area contributed by atoms with Gasteiger partial charge in [0.2, 0.25) is 0 Å². The summed E-state index contributed by atoms with van der Waals surface area (Å²) in [6.45, 7) is 3.26. The van der Waals surface area contributed by atoms with Crippen molar-refractivity contribution >= 4 is 0 Å². The topological polar surface area (TPSA) is 21.3 Å². The van der Waals surface area contributed by atoms with Crippen LogP contribution < -0.4 is 5.32 Å². The van der Waals surface area contributed by atoms with E-state index in [2.05, 4.69) is 12.4 Å². The first-order valence-corrected chi connectivity index (χ1v) is 5.57. The summed E-state index contributed by atoms with van der Waals surface area (Å²) in [5.74, 6) is 0.927. The molecule has 0 bridgehead atoms. The van der Waals surface area contributed by atoms with Crippen LogP contribution in [-0.4, -0.2) is 26.8 Å². The van der Waals surface area contributed by atoms with Crippen LogP contribution in [0.15, 0.2) is 0 Å². The fourth-order valence-electron chi connectivity index (χ4n) is 2.83. The molecule has 2 rings (SSSR count). The van der Waals surface area contributed by atoms with Crippen LogP contribution in [0.25, 0.3) is 0 Å². The summed E-state index contributed by atoms with van der Waals surface area (Å²) in [6, 6.07) is 0. The Morgan fingerprint density at radius 2 is 2.08 bits per heavy atom. The molecule has 1 spiro atoms. The lowest BCUT2D eigenvalue weighted by Crippen LogP contribution is -2.31. The summed E-state index contributed by atoms with van der Waals surface area (Å²) in [5, 5.41) is 3.29. The van der Waals surface area contributed by atoms with Gasteiger partial charge in [-0.25, -0.2) is 0 Å². The minimum Gasteiger partial charge on any atom is -0.381 e. The van der Waals surface area contributed by atoms with Gasteiger partial charge in [0.25, 0.3) is 0 Å². The molecule has 13 heavy (non-hydrogen) atoms. The highest BCUT2D eigenvalue weighted by Gasteiger charge is 2.38. The molecule has 2 fully saturated rings. The zero-order valence-electron chi connectivity index (χ0n) is 8.64. The van der Waals surface area contributed by atoms with Crippen LogP contribution in [0.4, 0.5) is 0 Å². The van der Waals surface area contributed by atoms with E-state index in [0.29, 0.717) is 5.41 Å². The van der Waals surface area contributed by atoms with Crippen molar-refractivity contribution in [3.8, 4) is 0 Å². The summed E-state index contributed by atoms with van der Waals surface area (Å²) in [4.78, 5) is 0. The molecule has 0 amide bonds. The molecule has 1 aliphatic heterocycles. The molecule has 1 N–H and O–H groups in total. The van der Waals surface area contributed by atoms with Crippen molar-refractivity contribution < 1.29 is 4.74 Å². The van der Waals surface area contributed by atoms with Gasteiger partial charge in [-0.1, -0.05) is 0 Å². The van der Waals surface area contributed by atoms with Gasteiger partial charge in [-0.2, -0.15) is 0 Å². The van der Waals surface area contributed by atoms with Gasteiger partial charge in [0.1, 0.15) is 0 Å². The van der Waals surface area contributed by atoms with Crippen molar-refractivity contribution in [2.45, 2.75) is 32.1 Å². The molecule has 0 unspecified atom stereocenters. The zero-order chi connectivity index (χ0) is 9.15. The second-order valence-corrected chi connectivity index (χ2v) is 4.80. The van der Waals surface area contributed by atoms with E-state index in [4.69, 9.17) is 4.74 Å². The van der Waals surface area contributed by atoms with E-state index in [1.54, 1.807) is 0 Å². The molecule has 1 heterocycles. The normalized spacial score (nSPS) is 39.9. The van der Waals surface area contributed by atoms with Crippen molar-refractivity contribution in [3.63, 3.8) is 0 Å². The minimum absolute atomic E-state index is 0.601. The fourth-order valence-corrected chi connectivity index (χ4v) is 2.83. The lowest BCUT2D eigenvalue weighted by molar-refractivity contribution is 0.105. The fraction of sp³-hybridized carbons (Fsp3) is 1.00. The molecule has 2 heteroatoms. The smallest absolute Gasteiger partial charge is 0.0523 e. The summed E-state index contributed by atoms with van der Waals surface area (Å²) in [6.07, 6.45) is 6.94. The number of nitrogens with one attached hydrogen (secondary N) is 1.